The number of fused-ring (bicyclic) bond motifs is 1. The van der Waals surface area contributed by atoms with Crippen molar-refractivity contribution in [3.8, 4) is 0 Å². The lowest BCUT2D eigenvalue weighted by molar-refractivity contribution is 0.620. The first kappa shape index (κ1) is 8.17. The molecule has 0 spiro atoms. The van der Waals surface area contributed by atoms with E-state index >= 15 is 0 Å². The molecule has 0 radical (unpaired) electrons. The highest BCUT2D eigenvalue weighted by Crippen LogP contribution is 2.19. The lowest BCUT2D eigenvalue weighted by Crippen LogP contribution is -1.87. The Balaban J connectivity index is 2.89. The van der Waals surface area contributed by atoms with Crippen LogP contribution >= 0.6 is 0 Å². The molecule has 0 N–H and O–H groups in total. The van der Waals surface area contributed by atoms with Crippen LogP contribution in [-0.4, -0.2) is 4.98 Å². The van der Waals surface area contributed by atoms with Crippen LogP contribution in [0.25, 0.3) is 10.9 Å². The molecule has 0 saturated carbocycles. The Labute approximate surface area is 76.2 Å². The van der Waals surface area contributed by atoms with Crippen LogP contribution in [0.15, 0.2) is 24.4 Å². The minimum Gasteiger partial charge on any atom is -0.256 e. The highest BCUT2D eigenvalue weighted by Gasteiger charge is 2.02. The van der Waals surface area contributed by atoms with E-state index in [1.54, 1.807) is 25.3 Å². The predicted molar refractivity (Wildman–Crippen MR) is 51.2 cm³/mol. The summed E-state index contributed by atoms with van der Waals surface area (Å²) in [4.78, 5) is 4.18. The summed E-state index contributed by atoms with van der Waals surface area (Å²) in [6.07, 6.45) is 1.75. The van der Waals surface area contributed by atoms with E-state index in [-0.39, 0.29) is 5.82 Å². The molecule has 0 aliphatic rings. The van der Waals surface area contributed by atoms with E-state index in [0.29, 0.717) is 5.56 Å². The smallest absolute Gasteiger partial charge is 0.126 e. The number of hydrogen-bond donors (Lipinski definition) is 0. The fourth-order valence-electron chi connectivity index (χ4n) is 1.41. The molecule has 2 aromatic rings. The standard InChI is InChI=1S/C11H10FN/c1-7-3-4-13-11-5-8(2)10(12)6-9(7)11/h3-6H,1-2H3. The first-order chi connectivity index (χ1) is 6.18. The van der Waals surface area contributed by atoms with Crippen LogP contribution in [0.1, 0.15) is 11.1 Å². The number of nitrogens with zero attached hydrogens (tertiary/aromatic N) is 1. The highest BCUT2D eigenvalue weighted by atomic mass is 19.1. The van der Waals surface area contributed by atoms with Crippen LogP contribution in [-0.2, 0) is 0 Å². The fourth-order valence-corrected chi connectivity index (χ4v) is 1.41. The summed E-state index contributed by atoms with van der Waals surface area (Å²) in [7, 11) is 0. The van der Waals surface area contributed by atoms with Gasteiger partial charge in [0.15, 0.2) is 0 Å². The molecule has 0 unspecified atom stereocenters. The van der Waals surface area contributed by atoms with E-state index in [1.165, 1.54) is 0 Å². The maximum atomic E-state index is 13.2. The number of aromatic nitrogens is 1. The Morgan fingerprint density at radius 3 is 2.69 bits per heavy atom. The lowest BCUT2D eigenvalue weighted by atomic mass is 10.1. The molecule has 1 heterocycles. The number of aryl methyl sites for hydroxylation is 2. The van der Waals surface area contributed by atoms with Crippen LogP contribution in [0.2, 0.25) is 0 Å². The fraction of sp³-hybridized carbons (Fsp3) is 0.182. The molecule has 0 saturated heterocycles. The Kier molecular flexibility index (Phi) is 1.76. The van der Waals surface area contributed by atoms with Crippen molar-refractivity contribution in [2.24, 2.45) is 0 Å². The molecule has 0 atom stereocenters. The van der Waals surface area contributed by atoms with Crippen LogP contribution < -0.4 is 0 Å². The second-order valence-corrected chi connectivity index (χ2v) is 3.25. The Bertz CT molecular complexity index is 463. The molecule has 13 heavy (non-hydrogen) atoms. The van der Waals surface area contributed by atoms with Gasteiger partial charge in [-0.25, -0.2) is 4.39 Å². The van der Waals surface area contributed by atoms with Crippen molar-refractivity contribution in [3.05, 3.63) is 41.3 Å². The summed E-state index contributed by atoms with van der Waals surface area (Å²) in [5.41, 5.74) is 2.56. The van der Waals surface area contributed by atoms with Crippen molar-refractivity contribution in [2.45, 2.75) is 13.8 Å². The van der Waals surface area contributed by atoms with Crippen molar-refractivity contribution in [1.82, 2.24) is 4.98 Å². The molecule has 2 rings (SSSR count). The zero-order valence-electron chi connectivity index (χ0n) is 7.63. The first-order valence-electron chi connectivity index (χ1n) is 4.20. The average Bonchev–Trinajstić information content (AvgIpc) is 2.09. The van der Waals surface area contributed by atoms with E-state index in [9.17, 15) is 4.39 Å². The van der Waals surface area contributed by atoms with E-state index < -0.39 is 0 Å². The number of pyridine rings is 1. The Hall–Kier alpha value is -1.44. The number of hydrogen-bond acceptors (Lipinski definition) is 1. The van der Waals surface area contributed by atoms with Crippen molar-refractivity contribution in [1.29, 1.82) is 0 Å². The molecule has 2 heteroatoms. The normalized spacial score (nSPS) is 10.7. The second-order valence-electron chi connectivity index (χ2n) is 3.25. The van der Waals surface area contributed by atoms with Gasteiger partial charge < -0.3 is 0 Å². The van der Waals surface area contributed by atoms with Crippen LogP contribution in [0.5, 0.6) is 0 Å². The van der Waals surface area contributed by atoms with E-state index in [0.717, 1.165) is 16.5 Å². The molecular weight excluding hydrogens is 165 g/mol. The molecule has 1 nitrogen and oxygen atoms in total. The third-order valence-electron chi connectivity index (χ3n) is 2.24. The van der Waals surface area contributed by atoms with Crippen molar-refractivity contribution < 1.29 is 4.39 Å². The third-order valence-corrected chi connectivity index (χ3v) is 2.24. The van der Waals surface area contributed by atoms with Crippen molar-refractivity contribution >= 4 is 10.9 Å². The van der Waals surface area contributed by atoms with E-state index in [2.05, 4.69) is 4.98 Å². The zero-order valence-corrected chi connectivity index (χ0v) is 7.63. The summed E-state index contributed by atoms with van der Waals surface area (Å²) in [6, 6.07) is 5.21. The van der Waals surface area contributed by atoms with Gasteiger partial charge in [0.2, 0.25) is 0 Å². The molecule has 0 bridgehead atoms. The predicted octanol–water partition coefficient (Wildman–Crippen LogP) is 2.99. The second kappa shape index (κ2) is 2.80. The summed E-state index contributed by atoms with van der Waals surface area (Å²) in [5.74, 6) is -0.163. The molecule has 1 aromatic heterocycles. The SMILES string of the molecule is Cc1cc2nccc(C)c2cc1F. The molecule has 1 aromatic carbocycles. The summed E-state index contributed by atoms with van der Waals surface area (Å²) in [5, 5.41) is 0.894. The van der Waals surface area contributed by atoms with Gasteiger partial charge in [-0.15, -0.1) is 0 Å². The zero-order chi connectivity index (χ0) is 9.42. The van der Waals surface area contributed by atoms with Gasteiger partial charge in [0.05, 0.1) is 5.52 Å². The van der Waals surface area contributed by atoms with Gasteiger partial charge in [-0.3, -0.25) is 4.98 Å². The number of benzene rings is 1. The van der Waals surface area contributed by atoms with Gasteiger partial charge >= 0.3 is 0 Å². The highest BCUT2D eigenvalue weighted by molar-refractivity contribution is 5.82. The number of rotatable bonds is 0. The average molecular weight is 175 g/mol. The first-order valence-corrected chi connectivity index (χ1v) is 4.20. The largest absolute Gasteiger partial charge is 0.256 e. The minimum absolute atomic E-state index is 0.163. The van der Waals surface area contributed by atoms with Gasteiger partial charge in [-0.1, -0.05) is 0 Å². The van der Waals surface area contributed by atoms with Crippen LogP contribution in [0.3, 0.4) is 0 Å². The lowest BCUT2D eigenvalue weighted by Gasteiger charge is -2.02. The quantitative estimate of drug-likeness (QED) is 0.599. The van der Waals surface area contributed by atoms with Crippen LogP contribution in [0, 0.1) is 19.7 Å². The molecule has 0 aliphatic heterocycles. The summed E-state index contributed by atoms with van der Waals surface area (Å²) >= 11 is 0. The summed E-state index contributed by atoms with van der Waals surface area (Å²) in [6.45, 7) is 3.71. The molecule has 0 aliphatic carbocycles. The van der Waals surface area contributed by atoms with Crippen LogP contribution in [0.4, 0.5) is 4.39 Å². The maximum absolute atomic E-state index is 13.2. The van der Waals surface area contributed by atoms with E-state index in [4.69, 9.17) is 0 Å². The maximum Gasteiger partial charge on any atom is 0.126 e. The van der Waals surface area contributed by atoms with Gasteiger partial charge in [0.1, 0.15) is 5.82 Å². The molecule has 0 fully saturated rings. The van der Waals surface area contributed by atoms with Gasteiger partial charge in [0, 0.05) is 11.6 Å². The molecular formula is C11H10FN. The Morgan fingerprint density at radius 1 is 1.15 bits per heavy atom. The van der Waals surface area contributed by atoms with Gasteiger partial charge in [-0.2, -0.15) is 0 Å². The number of halogens is 1. The Morgan fingerprint density at radius 2 is 1.92 bits per heavy atom. The molecule has 66 valence electrons. The van der Waals surface area contributed by atoms with E-state index in [1.807, 2.05) is 13.0 Å². The summed E-state index contributed by atoms with van der Waals surface area (Å²) < 4.78 is 13.2. The monoisotopic (exact) mass is 175 g/mol. The van der Waals surface area contributed by atoms with Gasteiger partial charge in [0.25, 0.3) is 0 Å². The van der Waals surface area contributed by atoms with Gasteiger partial charge in [-0.05, 0) is 43.2 Å². The third kappa shape index (κ3) is 1.28. The minimum atomic E-state index is -0.163. The topological polar surface area (TPSA) is 12.9 Å². The van der Waals surface area contributed by atoms with Crippen molar-refractivity contribution in [3.63, 3.8) is 0 Å². The van der Waals surface area contributed by atoms with Crippen molar-refractivity contribution in [2.75, 3.05) is 0 Å². The molecule has 0 amide bonds.